The number of hydrogen-bond donors (Lipinski definition) is 2. The second-order valence-electron chi connectivity index (χ2n) is 5.25. The van der Waals surface area contributed by atoms with Crippen LogP contribution in [-0.2, 0) is 18.4 Å². The van der Waals surface area contributed by atoms with Gasteiger partial charge in [0.05, 0.1) is 24.3 Å². The van der Waals surface area contributed by atoms with Crippen molar-refractivity contribution in [3.63, 3.8) is 0 Å². The Hall–Kier alpha value is -1.27. The SMILES string of the molecule is Cn1c(CO)cnc1SCC(=O)NCCC1=CCCCC1. The predicted molar refractivity (Wildman–Crippen MR) is 84.0 cm³/mol. The lowest BCUT2D eigenvalue weighted by Gasteiger charge is -2.12. The van der Waals surface area contributed by atoms with E-state index in [1.54, 1.807) is 6.20 Å². The van der Waals surface area contributed by atoms with E-state index in [1.807, 2.05) is 11.6 Å². The summed E-state index contributed by atoms with van der Waals surface area (Å²) in [5.41, 5.74) is 2.23. The highest BCUT2D eigenvalue weighted by Gasteiger charge is 2.09. The maximum absolute atomic E-state index is 11.8. The molecular formula is C15H23N3O2S. The van der Waals surface area contributed by atoms with Crippen molar-refractivity contribution in [3.05, 3.63) is 23.5 Å². The largest absolute Gasteiger partial charge is 0.390 e. The summed E-state index contributed by atoms with van der Waals surface area (Å²) in [6.45, 7) is 0.680. The van der Waals surface area contributed by atoms with E-state index in [4.69, 9.17) is 5.11 Å². The molecule has 0 spiro atoms. The van der Waals surface area contributed by atoms with E-state index in [-0.39, 0.29) is 12.5 Å². The quantitative estimate of drug-likeness (QED) is 0.597. The number of aliphatic hydroxyl groups is 1. The van der Waals surface area contributed by atoms with Crippen molar-refractivity contribution in [2.24, 2.45) is 7.05 Å². The normalized spacial score (nSPS) is 14.9. The molecule has 2 rings (SSSR count). The number of thioether (sulfide) groups is 1. The van der Waals surface area contributed by atoms with Gasteiger partial charge in [-0.25, -0.2) is 4.98 Å². The molecule has 116 valence electrons. The van der Waals surface area contributed by atoms with Gasteiger partial charge < -0.3 is 15.0 Å². The van der Waals surface area contributed by atoms with Crippen LogP contribution in [0.15, 0.2) is 23.0 Å². The third-order valence-corrected chi connectivity index (χ3v) is 4.73. The molecule has 1 heterocycles. The van der Waals surface area contributed by atoms with Crippen molar-refractivity contribution in [3.8, 4) is 0 Å². The molecule has 0 bridgehead atoms. The summed E-state index contributed by atoms with van der Waals surface area (Å²) < 4.78 is 1.81. The minimum absolute atomic E-state index is 0.0324. The number of imidazole rings is 1. The molecule has 6 heteroatoms. The summed E-state index contributed by atoms with van der Waals surface area (Å²) in [6, 6.07) is 0. The zero-order valence-electron chi connectivity index (χ0n) is 12.5. The number of allylic oxidation sites excluding steroid dienone is 1. The summed E-state index contributed by atoms with van der Waals surface area (Å²) in [7, 11) is 1.84. The molecule has 1 amide bonds. The van der Waals surface area contributed by atoms with E-state index in [1.165, 1.54) is 43.0 Å². The Balaban J connectivity index is 1.67. The van der Waals surface area contributed by atoms with Gasteiger partial charge in [0.25, 0.3) is 0 Å². The van der Waals surface area contributed by atoms with Gasteiger partial charge in [0.1, 0.15) is 0 Å². The average molecular weight is 309 g/mol. The third kappa shape index (κ3) is 4.89. The van der Waals surface area contributed by atoms with Crippen LogP contribution < -0.4 is 5.32 Å². The fraction of sp³-hybridized carbons (Fsp3) is 0.600. The van der Waals surface area contributed by atoms with Gasteiger partial charge in [0, 0.05) is 13.6 Å². The molecule has 0 saturated heterocycles. The topological polar surface area (TPSA) is 67.1 Å². The van der Waals surface area contributed by atoms with E-state index in [0.717, 1.165) is 17.3 Å². The van der Waals surface area contributed by atoms with E-state index in [2.05, 4.69) is 16.4 Å². The monoisotopic (exact) mass is 309 g/mol. The van der Waals surface area contributed by atoms with Crippen LogP contribution in [-0.4, -0.2) is 32.9 Å². The standard InChI is InChI=1S/C15H23N3O2S/c1-18-13(10-19)9-17-15(18)21-11-14(20)16-8-7-12-5-3-2-4-6-12/h5,9,19H,2-4,6-8,10-11H2,1H3,(H,16,20). The summed E-state index contributed by atoms with van der Waals surface area (Å²) in [5, 5.41) is 12.8. The molecule has 1 aromatic rings. The van der Waals surface area contributed by atoms with Gasteiger partial charge in [-0.1, -0.05) is 23.4 Å². The van der Waals surface area contributed by atoms with Crippen LogP contribution in [0.2, 0.25) is 0 Å². The van der Waals surface area contributed by atoms with Crippen LogP contribution in [0.5, 0.6) is 0 Å². The maximum Gasteiger partial charge on any atom is 0.230 e. The summed E-state index contributed by atoms with van der Waals surface area (Å²) in [4.78, 5) is 16.0. The first kappa shape index (κ1) is 16.1. The molecule has 0 fully saturated rings. The van der Waals surface area contributed by atoms with Gasteiger partial charge in [-0.3, -0.25) is 4.79 Å². The van der Waals surface area contributed by atoms with Crippen molar-refractivity contribution < 1.29 is 9.90 Å². The molecule has 0 aliphatic heterocycles. The Bertz CT molecular complexity index is 511. The Labute approximate surface area is 129 Å². The van der Waals surface area contributed by atoms with Crippen LogP contribution in [0.4, 0.5) is 0 Å². The third-order valence-electron chi connectivity index (χ3n) is 3.69. The lowest BCUT2D eigenvalue weighted by Crippen LogP contribution is -2.26. The lowest BCUT2D eigenvalue weighted by atomic mass is 9.97. The second kappa shape index (κ2) is 8.24. The molecule has 0 unspecified atom stereocenters. The zero-order chi connectivity index (χ0) is 15.1. The number of aliphatic hydroxyl groups excluding tert-OH is 1. The summed E-state index contributed by atoms with van der Waals surface area (Å²) >= 11 is 1.39. The molecule has 0 radical (unpaired) electrons. The maximum atomic E-state index is 11.8. The number of amides is 1. The number of hydrogen-bond acceptors (Lipinski definition) is 4. The van der Waals surface area contributed by atoms with E-state index in [0.29, 0.717) is 12.3 Å². The van der Waals surface area contributed by atoms with E-state index < -0.39 is 0 Å². The van der Waals surface area contributed by atoms with Crippen LogP contribution in [0.3, 0.4) is 0 Å². The van der Waals surface area contributed by atoms with Crippen LogP contribution in [0.1, 0.15) is 37.8 Å². The minimum Gasteiger partial charge on any atom is -0.390 e. The van der Waals surface area contributed by atoms with Gasteiger partial charge in [-0.15, -0.1) is 0 Å². The number of nitrogens with one attached hydrogen (secondary N) is 1. The molecule has 0 saturated carbocycles. The molecule has 0 atom stereocenters. The number of carbonyl (C=O) groups excluding carboxylic acids is 1. The van der Waals surface area contributed by atoms with Crippen LogP contribution >= 0.6 is 11.8 Å². The van der Waals surface area contributed by atoms with Gasteiger partial charge in [0.2, 0.25) is 5.91 Å². The first-order valence-corrected chi connectivity index (χ1v) is 8.38. The fourth-order valence-corrected chi connectivity index (χ4v) is 3.18. The fourth-order valence-electron chi connectivity index (χ4n) is 2.38. The number of aromatic nitrogens is 2. The molecule has 1 aliphatic carbocycles. The van der Waals surface area contributed by atoms with Crippen LogP contribution in [0.25, 0.3) is 0 Å². The van der Waals surface area contributed by atoms with Crippen molar-refractivity contribution in [1.29, 1.82) is 0 Å². The zero-order valence-corrected chi connectivity index (χ0v) is 13.3. The molecule has 0 aromatic carbocycles. The van der Waals surface area contributed by atoms with Gasteiger partial charge >= 0.3 is 0 Å². The first-order chi connectivity index (χ1) is 10.2. The summed E-state index contributed by atoms with van der Waals surface area (Å²) in [6.07, 6.45) is 9.86. The molecule has 1 aromatic heterocycles. The first-order valence-electron chi connectivity index (χ1n) is 7.39. The Morgan fingerprint density at radius 3 is 3.05 bits per heavy atom. The van der Waals surface area contributed by atoms with Gasteiger partial charge in [0.15, 0.2) is 5.16 Å². The Kier molecular flexibility index (Phi) is 6.32. The van der Waals surface area contributed by atoms with E-state index in [9.17, 15) is 4.79 Å². The van der Waals surface area contributed by atoms with Gasteiger partial charge in [-0.2, -0.15) is 0 Å². The highest BCUT2D eigenvalue weighted by molar-refractivity contribution is 7.99. The smallest absolute Gasteiger partial charge is 0.230 e. The lowest BCUT2D eigenvalue weighted by molar-refractivity contribution is -0.118. The minimum atomic E-state index is -0.0363. The van der Waals surface area contributed by atoms with Gasteiger partial charge in [-0.05, 0) is 32.1 Å². The van der Waals surface area contributed by atoms with Crippen molar-refractivity contribution in [1.82, 2.24) is 14.9 Å². The summed E-state index contributed by atoms with van der Waals surface area (Å²) in [5.74, 6) is 0.388. The van der Waals surface area contributed by atoms with Crippen molar-refractivity contribution in [2.75, 3.05) is 12.3 Å². The molecule has 1 aliphatic rings. The number of carbonyl (C=O) groups is 1. The average Bonchev–Trinajstić information content (AvgIpc) is 2.86. The molecular weight excluding hydrogens is 286 g/mol. The van der Waals surface area contributed by atoms with Crippen molar-refractivity contribution in [2.45, 2.75) is 43.9 Å². The van der Waals surface area contributed by atoms with E-state index >= 15 is 0 Å². The highest BCUT2D eigenvalue weighted by atomic mass is 32.2. The van der Waals surface area contributed by atoms with Crippen molar-refractivity contribution >= 4 is 17.7 Å². The Morgan fingerprint density at radius 1 is 1.52 bits per heavy atom. The molecule has 5 nitrogen and oxygen atoms in total. The Morgan fingerprint density at radius 2 is 2.38 bits per heavy atom. The second-order valence-corrected chi connectivity index (χ2v) is 6.19. The molecule has 2 N–H and O–H groups in total. The highest BCUT2D eigenvalue weighted by Crippen LogP contribution is 2.19. The number of rotatable bonds is 7. The predicted octanol–water partition coefficient (Wildman–Crippen LogP) is 2.01. The molecule has 21 heavy (non-hydrogen) atoms. The van der Waals surface area contributed by atoms with Crippen LogP contribution in [0, 0.1) is 0 Å². The number of nitrogens with zero attached hydrogens (tertiary/aromatic N) is 2.